The summed E-state index contributed by atoms with van der Waals surface area (Å²) in [4.78, 5) is 12.8. The van der Waals surface area contributed by atoms with Gasteiger partial charge in [-0.2, -0.15) is 0 Å². The first-order valence-corrected chi connectivity index (χ1v) is 6.27. The van der Waals surface area contributed by atoms with Gasteiger partial charge in [0.1, 0.15) is 0 Å². The Bertz CT molecular complexity index is 182. The maximum Gasteiger partial charge on any atom is 0.303 e. The van der Waals surface area contributed by atoms with E-state index in [0.29, 0.717) is 12.5 Å². The van der Waals surface area contributed by atoms with Gasteiger partial charge in [0.2, 0.25) is 0 Å². The average Bonchev–Trinajstić information content (AvgIpc) is 2.26. The molecule has 0 aromatic heterocycles. The van der Waals surface area contributed by atoms with Crippen LogP contribution in [0.15, 0.2) is 0 Å². The van der Waals surface area contributed by atoms with Crippen molar-refractivity contribution in [1.29, 1.82) is 0 Å². The summed E-state index contributed by atoms with van der Waals surface area (Å²) in [6, 6.07) is 0.299. The monoisotopic (exact) mass is 230 g/mol. The van der Waals surface area contributed by atoms with Crippen LogP contribution in [0.2, 0.25) is 0 Å². The van der Waals surface area contributed by atoms with E-state index >= 15 is 0 Å². The van der Waals surface area contributed by atoms with E-state index in [0.717, 1.165) is 32.6 Å². The highest BCUT2D eigenvalue weighted by Crippen LogP contribution is 1.97. The van der Waals surface area contributed by atoms with Gasteiger partial charge < -0.3 is 15.3 Å². The summed E-state index contributed by atoms with van der Waals surface area (Å²) in [5, 5.41) is 11.9. The van der Waals surface area contributed by atoms with Gasteiger partial charge in [-0.1, -0.05) is 13.8 Å². The molecule has 0 fully saturated rings. The Balaban J connectivity index is 3.39. The minimum absolute atomic E-state index is 0.254. The van der Waals surface area contributed by atoms with Crippen LogP contribution >= 0.6 is 0 Å². The van der Waals surface area contributed by atoms with Crippen LogP contribution in [0.5, 0.6) is 0 Å². The van der Waals surface area contributed by atoms with Crippen molar-refractivity contribution in [1.82, 2.24) is 10.2 Å². The quantitative estimate of drug-likeness (QED) is 0.559. The topological polar surface area (TPSA) is 52.6 Å². The summed E-state index contributed by atoms with van der Waals surface area (Å²) < 4.78 is 0. The zero-order chi connectivity index (χ0) is 12.4. The molecular formula is C12H26N2O2. The molecule has 0 amide bonds. The van der Waals surface area contributed by atoms with Gasteiger partial charge in [0.25, 0.3) is 0 Å². The number of carboxylic acid groups (broad SMARTS) is 1. The molecule has 0 rings (SSSR count). The van der Waals surface area contributed by atoms with Crippen molar-refractivity contribution in [3.63, 3.8) is 0 Å². The molecule has 0 bridgehead atoms. The smallest absolute Gasteiger partial charge is 0.303 e. The van der Waals surface area contributed by atoms with Gasteiger partial charge in [-0.3, -0.25) is 4.79 Å². The lowest BCUT2D eigenvalue weighted by molar-refractivity contribution is -0.137. The van der Waals surface area contributed by atoms with Crippen LogP contribution in [-0.2, 0) is 4.79 Å². The maximum atomic E-state index is 10.4. The molecule has 0 aliphatic carbocycles. The van der Waals surface area contributed by atoms with Crippen LogP contribution in [0.4, 0.5) is 0 Å². The minimum atomic E-state index is -0.711. The Labute approximate surface area is 99.0 Å². The summed E-state index contributed by atoms with van der Waals surface area (Å²) in [6.07, 6.45) is 2.09. The standard InChI is InChI=1S/C12H26N2O2/c1-4-14(5-2)10-6-9-13-11(3)7-8-12(15)16/h11,13H,4-10H2,1-3H3,(H,15,16). The highest BCUT2D eigenvalue weighted by molar-refractivity contribution is 5.66. The molecule has 2 N–H and O–H groups in total. The van der Waals surface area contributed by atoms with Crippen LogP contribution in [0.25, 0.3) is 0 Å². The number of hydrogen-bond acceptors (Lipinski definition) is 3. The van der Waals surface area contributed by atoms with Gasteiger partial charge >= 0.3 is 5.97 Å². The largest absolute Gasteiger partial charge is 0.481 e. The molecule has 0 aliphatic rings. The van der Waals surface area contributed by atoms with Gasteiger partial charge in [0.15, 0.2) is 0 Å². The molecular weight excluding hydrogens is 204 g/mol. The predicted octanol–water partition coefficient (Wildman–Crippen LogP) is 1.56. The summed E-state index contributed by atoms with van der Waals surface area (Å²) >= 11 is 0. The van der Waals surface area contributed by atoms with Crippen molar-refractivity contribution >= 4 is 5.97 Å². The zero-order valence-electron chi connectivity index (χ0n) is 10.8. The first kappa shape index (κ1) is 15.4. The second-order valence-electron chi connectivity index (χ2n) is 4.17. The fourth-order valence-corrected chi connectivity index (χ4v) is 1.63. The lowest BCUT2D eigenvalue weighted by Gasteiger charge is -2.19. The molecule has 0 heterocycles. The molecule has 0 radical (unpaired) electrons. The van der Waals surface area contributed by atoms with Crippen molar-refractivity contribution in [3.8, 4) is 0 Å². The van der Waals surface area contributed by atoms with Crippen molar-refractivity contribution in [2.24, 2.45) is 0 Å². The number of nitrogens with one attached hydrogen (secondary N) is 1. The van der Waals surface area contributed by atoms with Gasteiger partial charge in [0.05, 0.1) is 0 Å². The zero-order valence-corrected chi connectivity index (χ0v) is 10.8. The molecule has 0 aromatic rings. The van der Waals surface area contributed by atoms with E-state index in [9.17, 15) is 4.79 Å². The fraction of sp³-hybridized carbons (Fsp3) is 0.917. The predicted molar refractivity (Wildman–Crippen MR) is 66.7 cm³/mol. The number of carboxylic acids is 1. The average molecular weight is 230 g/mol. The lowest BCUT2D eigenvalue weighted by atomic mass is 10.2. The van der Waals surface area contributed by atoms with Gasteiger partial charge in [0, 0.05) is 12.5 Å². The van der Waals surface area contributed by atoms with Gasteiger partial charge in [-0.05, 0) is 45.9 Å². The fourth-order valence-electron chi connectivity index (χ4n) is 1.63. The van der Waals surface area contributed by atoms with Crippen LogP contribution in [0.1, 0.15) is 40.0 Å². The molecule has 16 heavy (non-hydrogen) atoms. The third kappa shape index (κ3) is 8.68. The van der Waals surface area contributed by atoms with Crippen LogP contribution in [0, 0.1) is 0 Å². The third-order valence-electron chi connectivity index (χ3n) is 2.83. The van der Waals surface area contributed by atoms with Crippen molar-refractivity contribution in [2.75, 3.05) is 26.2 Å². The molecule has 0 saturated carbocycles. The Morgan fingerprint density at radius 1 is 1.38 bits per heavy atom. The summed E-state index contributed by atoms with van der Waals surface area (Å²) in [6.45, 7) is 10.7. The minimum Gasteiger partial charge on any atom is -0.481 e. The molecule has 0 aromatic carbocycles. The van der Waals surface area contributed by atoms with Crippen molar-refractivity contribution < 1.29 is 9.90 Å². The second kappa shape index (κ2) is 9.60. The van der Waals surface area contributed by atoms with Crippen molar-refractivity contribution in [3.05, 3.63) is 0 Å². The highest BCUT2D eigenvalue weighted by Gasteiger charge is 2.04. The summed E-state index contributed by atoms with van der Waals surface area (Å²) in [5.74, 6) is -0.711. The SMILES string of the molecule is CCN(CC)CCCNC(C)CCC(=O)O. The Morgan fingerprint density at radius 3 is 2.50 bits per heavy atom. The molecule has 96 valence electrons. The molecule has 1 atom stereocenters. The van der Waals surface area contributed by atoms with E-state index in [1.165, 1.54) is 0 Å². The number of hydrogen-bond donors (Lipinski definition) is 2. The highest BCUT2D eigenvalue weighted by atomic mass is 16.4. The number of nitrogens with zero attached hydrogens (tertiary/aromatic N) is 1. The first-order valence-electron chi connectivity index (χ1n) is 6.27. The molecule has 0 saturated heterocycles. The van der Waals surface area contributed by atoms with E-state index in [1.54, 1.807) is 0 Å². The van der Waals surface area contributed by atoms with E-state index < -0.39 is 5.97 Å². The molecule has 1 unspecified atom stereocenters. The maximum absolute atomic E-state index is 10.4. The number of aliphatic carboxylic acids is 1. The van der Waals surface area contributed by atoms with Crippen LogP contribution in [0.3, 0.4) is 0 Å². The van der Waals surface area contributed by atoms with E-state index in [-0.39, 0.29) is 6.42 Å². The summed E-state index contributed by atoms with van der Waals surface area (Å²) in [5.41, 5.74) is 0. The Morgan fingerprint density at radius 2 is 2.00 bits per heavy atom. The van der Waals surface area contributed by atoms with Crippen molar-refractivity contribution in [2.45, 2.75) is 46.1 Å². The van der Waals surface area contributed by atoms with Crippen LogP contribution in [-0.4, -0.2) is 48.2 Å². The molecule has 4 nitrogen and oxygen atoms in total. The van der Waals surface area contributed by atoms with Gasteiger partial charge in [-0.25, -0.2) is 0 Å². The Kier molecular flexibility index (Phi) is 9.24. The van der Waals surface area contributed by atoms with E-state index in [4.69, 9.17) is 5.11 Å². The number of rotatable bonds is 10. The summed E-state index contributed by atoms with van der Waals surface area (Å²) in [7, 11) is 0. The normalized spacial score (nSPS) is 13.0. The molecule has 0 aliphatic heterocycles. The first-order chi connectivity index (χ1) is 7.60. The lowest BCUT2D eigenvalue weighted by Crippen LogP contribution is -2.31. The van der Waals surface area contributed by atoms with Gasteiger partial charge in [-0.15, -0.1) is 0 Å². The molecule has 0 spiro atoms. The van der Waals surface area contributed by atoms with Crippen LogP contribution < -0.4 is 5.32 Å². The second-order valence-corrected chi connectivity index (χ2v) is 4.17. The van der Waals surface area contributed by atoms with E-state index in [2.05, 4.69) is 24.1 Å². The van der Waals surface area contributed by atoms with E-state index in [1.807, 2.05) is 6.92 Å². The third-order valence-corrected chi connectivity index (χ3v) is 2.83. The molecule has 4 heteroatoms. The Hall–Kier alpha value is -0.610. The number of carbonyl (C=O) groups is 1.